The topological polar surface area (TPSA) is 49.3 Å². The van der Waals surface area contributed by atoms with Crippen molar-refractivity contribution in [3.8, 4) is 0 Å². The summed E-state index contributed by atoms with van der Waals surface area (Å²) < 4.78 is 0. The number of aliphatic hydroxyl groups is 1. The molecule has 1 heterocycles. The molecule has 0 spiro atoms. The van der Waals surface area contributed by atoms with Gasteiger partial charge in [0.05, 0.1) is 0 Å². The normalized spacial score (nSPS) is 16.4. The quantitative estimate of drug-likeness (QED) is 0.497. The minimum Gasteiger partial charge on any atom is -0.396 e. The van der Waals surface area contributed by atoms with Crippen molar-refractivity contribution in [3.63, 3.8) is 0 Å². The number of benzene rings is 1. The summed E-state index contributed by atoms with van der Waals surface area (Å²) in [5.41, 5.74) is 5.27. The maximum absolute atomic E-state index is 11.3. The van der Waals surface area contributed by atoms with Gasteiger partial charge in [-0.3, -0.25) is 4.79 Å². The number of carbonyl (C=O) groups excluding carboxylic acids is 1. The molecule has 0 bridgehead atoms. The lowest BCUT2D eigenvalue weighted by atomic mass is 9.88. The number of aldehydes is 1. The Morgan fingerprint density at radius 3 is 2.86 bits per heavy atom. The van der Waals surface area contributed by atoms with E-state index in [0.29, 0.717) is 13.0 Å². The Morgan fingerprint density at radius 2 is 2.11 bits per heavy atom. The second kappa shape index (κ2) is 8.91. The van der Waals surface area contributed by atoms with Crippen molar-refractivity contribution in [2.75, 3.05) is 19.7 Å². The van der Waals surface area contributed by atoms with Crippen LogP contribution in [0.1, 0.15) is 25.8 Å². The molecule has 1 aliphatic carbocycles. The van der Waals surface area contributed by atoms with Crippen LogP contribution in [0.5, 0.6) is 0 Å². The lowest BCUT2D eigenvalue weighted by Gasteiger charge is -2.26. The zero-order chi connectivity index (χ0) is 20.1. The number of hydrogen-bond acceptors (Lipinski definition) is 4. The van der Waals surface area contributed by atoms with Gasteiger partial charge in [0.1, 0.15) is 6.29 Å². The molecular formula is C24H27NO2S. The van der Waals surface area contributed by atoms with Crippen LogP contribution in [0.25, 0.3) is 5.57 Å². The molecule has 0 aromatic heterocycles. The standard InChI is InChI=1S/C24H27NO2S/c1-17(13-25-15-24(2,3)16-27)8-11-23-21-12-18(14-26)9-10-19(21)20-6-4-5-7-22(20)28-23/h4-11,14,25,27H,1,12-13,15-16H2,2-3H3/b11-8-. The molecule has 2 aliphatic rings. The van der Waals surface area contributed by atoms with Crippen LogP contribution in [0.4, 0.5) is 0 Å². The van der Waals surface area contributed by atoms with Crippen LogP contribution in [0.2, 0.25) is 0 Å². The van der Waals surface area contributed by atoms with Crippen LogP contribution in [0.3, 0.4) is 0 Å². The maximum atomic E-state index is 11.3. The summed E-state index contributed by atoms with van der Waals surface area (Å²) in [5, 5.41) is 12.7. The van der Waals surface area contributed by atoms with Crippen molar-refractivity contribution in [3.05, 3.63) is 82.3 Å². The van der Waals surface area contributed by atoms with Gasteiger partial charge in [-0.1, -0.05) is 68.6 Å². The number of carbonyl (C=O) groups is 1. The number of rotatable bonds is 8. The summed E-state index contributed by atoms with van der Waals surface area (Å²) in [4.78, 5) is 13.7. The maximum Gasteiger partial charge on any atom is 0.146 e. The van der Waals surface area contributed by atoms with Crippen LogP contribution < -0.4 is 5.32 Å². The van der Waals surface area contributed by atoms with Gasteiger partial charge in [0.25, 0.3) is 0 Å². The number of aliphatic hydroxyl groups excluding tert-OH is 1. The van der Waals surface area contributed by atoms with Gasteiger partial charge in [-0.15, -0.1) is 0 Å². The van der Waals surface area contributed by atoms with E-state index >= 15 is 0 Å². The molecule has 1 aliphatic heterocycles. The molecule has 0 unspecified atom stereocenters. The highest BCUT2D eigenvalue weighted by Crippen LogP contribution is 2.48. The highest BCUT2D eigenvalue weighted by atomic mass is 32.2. The Balaban J connectivity index is 1.77. The van der Waals surface area contributed by atoms with Gasteiger partial charge >= 0.3 is 0 Å². The second-order valence-electron chi connectivity index (χ2n) is 7.98. The van der Waals surface area contributed by atoms with Gasteiger partial charge in [-0.05, 0) is 40.0 Å². The Kier molecular flexibility index (Phi) is 6.55. The third-order valence-electron chi connectivity index (χ3n) is 4.87. The molecule has 0 saturated heterocycles. The van der Waals surface area contributed by atoms with E-state index in [0.717, 1.165) is 28.9 Å². The van der Waals surface area contributed by atoms with E-state index in [-0.39, 0.29) is 12.0 Å². The minimum atomic E-state index is -0.142. The first-order valence-corrected chi connectivity index (χ1v) is 10.3. The van der Waals surface area contributed by atoms with E-state index in [1.54, 1.807) is 11.8 Å². The van der Waals surface area contributed by atoms with Gasteiger partial charge in [-0.2, -0.15) is 0 Å². The van der Waals surface area contributed by atoms with E-state index in [1.165, 1.54) is 21.6 Å². The van der Waals surface area contributed by atoms with E-state index in [9.17, 15) is 9.90 Å². The average molecular weight is 394 g/mol. The van der Waals surface area contributed by atoms with Crippen molar-refractivity contribution < 1.29 is 9.90 Å². The third kappa shape index (κ3) is 4.82. The largest absolute Gasteiger partial charge is 0.396 e. The Bertz CT molecular complexity index is 903. The van der Waals surface area contributed by atoms with Crippen LogP contribution >= 0.6 is 11.8 Å². The summed E-state index contributed by atoms with van der Waals surface area (Å²) in [6.45, 7) is 9.74. The smallest absolute Gasteiger partial charge is 0.146 e. The molecule has 4 heteroatoms. The van der Waals surface area contributed by atoms with Crippen molar-refractivity contribution >= 4 is 23.6 Å². The van der Waals surface area contributed by atoms with Crippen molar-refractivity contribution in [2.24, 2.45) is 5.41 Å². The molecule has 1 aromatic rings. The molecule has 28 heavy (non-hydrogen) atoms. The predicted octanol–water partition coefficient (Wildman–Crippen LogP) is 4.68. The lowest BCUT2D eigenvalue weighted by Crippen LogP contribution is -2.33. The van der Waals surface area contributed by atoms with Crippen molar-refractivity contribution in [1.82, 2.24) is 5.32 Å². The summed E-state index contributed by atoms with van der Waals surface area (Å²) in [6.07, 6.45) is 9.73. The summed E-state index contributed by atoms with van der Waals surface area (Å²) >= 11 is 1.74. The average Bonchev–Trinajstić information content (AvgIpc) is 2.71. The molecular weight excluding hydrogens is 366 g/mol. The number of hydrogen-bond donors (Lipinski definition) is 2. The summed E-state index contributed by atoms with van der Waals surface area (Å²) in [7, 11) is 0. The van der Waals surface area contributed by atoms with Crippen LogP contribution in [0, 0.1) is 5.41 Å². The number of nitrogens with one attached hydrogen (secondary N) is 1. The minimum absolute atomic E-state index is 0.142. The van der Waals surface area contributed by atoms with E-state index in [4.69, 9.17) is 0 Å². The van der Waals surface area contributed by atoms with E-state index in [2.05, 4.69) is 48.3 Å². The molecule has 0 fully saturated rings. The van der Waals surface area contributed by atoms with Crippen LogP contribution in [-0.4, -0.2) is 31.1 Å². The fourth-order valence-electron chi connectivity index (χ4n) is 3.17. The molecule has 146 valence electrons. The van der Waals surface area contributed by atoms with E-state index < -0.39 is 0 Å². The zero-order valence-electron chi connectivity index (χ0n) is 16.5. The molecule has 3 rings (SSSR count). The first-order chi connectivity index (χ1) is 13.4. The van der Waals surface area contributed by atoms with Crippen LogP contribution in [-0.2, 0) is 4.79 Å². The molecule has 1 aromatic carbocycles. The van der Waals surface area contributed by atoms with Gasteiger partial charge in [0.15, 0.2) is 0 Å². The van der Waals surface area contributed by atoms with Gasteiger partial charge in [-0.25, -0.2) is 0 Å². The second-order valence-corrected chi connectivity index (χ2v) is 9.06. The summed E-state index contributed by atoms with van der Waals surface area (Å²) in [5.74, 6) is 0. The van der Waals surface area contributed by atoms with Gasteiger partial charge in [0, 0.05) is 41.3 Å². The van der Waals surface area contributed by atoms with E-state index in [1.807, 2.05) is 26.0 Å². The Labute approximate surface area is 171 Å². The van der Waals surface area contributed by atoms with Gasteiger partial charge in [0.2, 0.25) is 0 Å². The van der Waals surface area contributed by atoms with Crippen molar-refractivity contribution in [1.29, 1.82) is 0 Å². The summed E-state index contributed by atoms with van der Waals surface area (Å²) in [6, 6.07) is 8.39. The predicted molar refractivity (Wildman–Crippen MR) is 118 cm³/mol. The Morgan fingerprint density at radius 1 is 1.32 bits per heavy atom. The first kappa shape index (κ1) is 20.6. The van der Waals surface area contributed by atoms with Crippen LogP contribution in [0.15, 0.2) is 81.7 Å². The Hall–Kier alpha value is -2.14. The SMILES string of the molecule is C=C(/C=C\C1=C2CC(C=O)=CC=C2c2ccccc2S1)CNCC(C)(C)CO. The molecule has 3 nitrogen and oxygen atoms in total. The van der Waals surface area contributed by atoms with Gasteiger partial charge < -0.3 is 10.4 Å². The molecule has 0 radical (unpaired) electrons. The van der Waals surface area contributed by atoms with Crippen molar-refractivity contribution in [2.45, 2.75) is 25.2 Å². The number of allylic oxidation sites excluding steroid dienone is 6. The highest BCUT2D eigenvalue weighted by molar-refractivity contribution is 8.03. The highest BCUT2D eigenvalue weighted by Gasteiger charge is 2.24. The monoisotopic (exact) mass is 393 g/mol. The molecule has 0 saturated carbocycles. The molecule has 2 N–H and O–H groups in total. The lowest BCUT2D eigenvalue weighted by molar-refractivity contribution is -0.105. The number of fused-ring (bicyclic) bond motifs is 3. The fraction of sp³-hybridized carbons (Fsp3) is 0.292. The molecule has 0 amide bonds. The zero-order valence-corrected chi connectivity index (χ0v) is 17.3. The third-order valence-corrected chi connectivity index (χ3v) is 6.05. The molecule has 0 atom stereocenters. The fourth-order valence-corrected chi connectivity index (χ4v) is 4.28. The number of thioether (sulfide) groups is 1. The first-order valence-electron chi connectivity index (χ1n) is 9.48.